The maximum atomic E-state index is 11.2. The summed E-state index contributed by atoms with van der Waals surface area (Å²) in [7, 11) is 0. The van der Waals surface area contributed by atoms with Crippen LogP contribution in [0.5, 0.6) is 0 Å². The predicted molar refractivity (Wildman–Crippen MR) is 66.2 cm³/mol. The number of hydrogen-bond acceptors (Lipinski definition) is 2. The van der Waals surface area contributed by atoms with E-state index in [2.05, 4.69) is 5.32 Å². The predicted octanol–water partition coefficient (Wildman–Crippen LogP) is 2.25. The Labute approximate surface area is 101 Å². The number of hydrogen-bond donors (Lipinski definition) is 2. The van der Waals surface area contributed by atoms with Gasteiger partial charge in [0.1, 0.15) is 0 Å². The average molecular weight is 231 g/mol. The van der Waals surface area contributed by atoms with Gasteiger partial charge in [-0.05, 0) is 50.5 Å². The monoisotopic (exact) mass is 231 g/mol. The van der Waals surface area contributed by atoms with Crippen LogP contribution in [0.25, 0.3) is 0 Å². The van der Waals surface area contributed by atoms with Crippen molar-refractivity contribution in [2.24, 2.45) is 5.73 Å². The lowest BCUT2D eigenvalue weighted by molar-refractivity contribution is 0.259. The van der Waals surface area contributed by atoms with Gasteiger partial charge in [0.25, 0.3) is 0 Å². The van der Waals surface area contributed by atoms with Crippen molar-refractivity contribution in [1.29, 1.82) is 0 Å². The summed E-state index contributed by atoms with van der Waals surface area (Å²) in [4.78, 5) is 15.9. The third-order valence-corrected chi connectivity index (χ3v) is 3.69. The van der Waals surface area contributed by atoms with Crippen molar-refractivity contribution in [1.82, 2.24) is 4.98 Å². The van der Waals surface area contributed by atoms with Crippen molar-refractivity contribution in [2.45, 2.75) is 44.9 Å². The third-order valence-electron chi connectivity index (χ3n) is 3.69. The van der Waals surface area contributed by atoms with Gasteiger partial charge in [-0.25, -0.2) is 4.79 Å². The molecule has 90 valence electrons. The molecule has 1 heterocycles. The van der Waals surface area contributed by atoms with E-state index >= 15 is 0 Å². The number of nitrogens with one attached hydrogen (secondary N) is 1. The lowest BCUT2D eigenvalue weighted by Gasteiger charge is -2.16. The highest BCUT2D eigenvalue weighted by Crippen LogP contribution is 2.47. The van der Waals surface area contributed by atoms with Crippen LogP contribution in [-0.4, -0.2) is 11.0 Å². The fourth-order valence-electron chi connectivity index (χ4n) is 2.86. The van der Waals surface area contributed by atoms with Crippen LogP contribution in [0.3, 0.4) is 0 Å². The maximum Gasteiger partial charge on any atom is 0.316 e. The molecule has 1 aromatic heterocycles. The van der Waals surface area contributed by atoms with Crippen LogP contribution < -0.4 is 11.1 Å². The zero-order chi connectivity index (χ0) is 12.0. The smallest absolute Gasteiger partial charge is 0.316 e. The minimum absolute atomic E-state index is 0.466. The summed E-state index contributed by atoms with van der Waals surface area (Å²) in [5.41, 5.74) is 10.9. The Bertz CT molecular complexity index is 492. The lowest BCUT2D eigenvalue weighted by atomic mass is 10.0. The molecule has 2 aliphatic carbocycles. The van der Waals surface area contributed by atoms with Crippen LogP contribution in [0.2, 0.25) is 0 Å². The Kier molecular flexibility index (Phi) is 2.31. The molecule has 0 spiro atoms. The molecule has 4 heteroatoms. The zero-order valence-corrected chi connectivity index (χ0v) is 10.0. The summed E-state index contributed by atoms with van der Waals surface area (Å²) in [6.45, 7) is 2.04. The fraction of sp³-hybridized carbons (Fsp3) is 0.538. The van der Waals surface area contributed by atoms with Crippen LogP contribution in [0.4, 0.5) is 10.5 Å². The topological polar surface area (TPSA) is 68.0 Å². The molecule has 3 rings (SSSR count). The van der Waals surface area contributed by atoms with Crippen molar-refractivity contribution in [3.63, 3.8) is 0 Å². The second-order valence-electron chi connectivity index (χ2n) is 5.03. The Morgan fingerprint density at radius 2 is 2.18 bits per heavy atom. The quantitative estimate of drug-likeness (QED) is 0.819. The molecule has 1 saturated carbocycles. The van der Waals surface area contributed by atoms with Crippen molar-refractivity contribution in [3.05, 3.63) is 22.5 Å². The summed E-state index contributed by atoms with van der Waals surface area (Å²) in [5.74, 6) is 0.579. The molecule has 0 saturated heterocycles. The number of urea groups is 1. The second kappa shape index (κ2) is 3.72. The number of nitrogens with two attached hydrogens (primary N) is 1. The second-order valence-corrected chi connectivity index (χ2v) is 5.03. The molecular weight excluding hydrogens is 214 g/mol. The number of pyridine rings is 1. The summed E-state index contributed by atoms with van der Waals surface area (Å²) >= 11 is 0. The molecular formula is C13H17N3O. The summed E-state index contributed by atoms with van der Waals surface area (Å²) in [5, 5.41) is 2.83. The number of primary amides is 1. The molecule has 0 aromatic carbocycles. The van der Waals surface area contributed by atoms with E-state index in [1.807, 2.05) is 6.92 Å². The molecule has 4 nitrogen and oxygen atoms in total. The number of aryl methyl sites for hydroxylation is 2. The first-order chi connectivity index (χ1) is 8.16. The van der Waals surface area contributed by atoms with Gasteiger partial charge >= 0.3 is 6.03 Å². The van der Waals surface area contributed by atoms with E-state index in [0.29, 0.717) is 5.92 Å². The maximum absolute atomic E-state index is 11.2. The molecule has 1 fully saturated rings. The molecule has 17 heavy (non-hydrogen) atoms. The SMILES string of the molecule is Cc1nc2c(c(NC(N)=O)c1C1CC1)CCC2. The highest BCUT2D eigenvalue weighted by Gasteiger charge is 2.32. The number of amides is 2. The largest absolute Gasteiger partial charge is 0.351 e. The molecule has 3 N–H and O–H groups in total. The van der Waals surface area contributed by atoms with E-state index in [1.54, 1.807) is 0 Å². The number of fused-ring (bicyclic) bond motifs is 1. The number of rotatable bonds is 2. The fourth-order valence-corrected chi connectivity index (χ4v) is 2.86. The van der Waals surface area contributed by atoms with Gasteiger partial charge in [-0.1, -0.05) is 0 Å². The van der Waals surface area contributed by atoms with Gasteiger partial charge in [-0.15, -0.1) is 0 Å². The first-order valence-corrected chi connectivity index (χ1v) is 6.25. The molecule has 0 unspecified atom stereocenters. The Balaban J connectivity index is 2.15. The third kappa shape index (κ3) is 1.77. The van der Waals surface area contributed by atoms with Gasteiger partial charge in [0.15, 0.2) is 0 Å². The normalized spacial score (nSPS) is 17.9. The van der Waals surface area contributed by atoms with Gasteiger partial charge in [-0.2, -0.15) is 0 Å². The van der Waals surface area contributed by atoms with Gasteiger partial charge < -0.3 is 11.1 Å². The number of carbonyl (C=O) groups excluding carboxylic acids is 1. The van der Waals surface area contributed by atoms with E-state index in [-0.39, 0.29) is 0 Å². The Morgan fingerprint density at radius 1 is 1.41 bits per heavy atom. The summed E-state index contributed by atoms with van der Waals surface area (Å²) in [6, 6.07) is -0.466. The molecule has 0 bridgehead atoms. The van der Waals surface area contributed by atoms with Crippen LogP contribution in [0.1, 0.15) is 47.7 Å². The molecule has 0 radical (unpaired) electrons. The van der Waals surface area contributed by atoms with Gasteiger partial charge in [0, 0.05) is 17.0 Å². The highest BCUT2D eigenvalue weighted by atomic mass is 16.2. The number of nitrogens with zero attached hydrogens (tertiary/aromatic N) is 1. The standard InChI is InChI=1S/C13H17N3O/c1-7-11(8-5-6-8)12(16-13(14)17)9-3-2-4-10(9)15-7/h8H,2-6H2,1H3,(H3,14,15,16,17). The van der Waals surface area contributed by atoms with Crippen molar-refractivity contribution >= 4 is 11.7 Å². The van der Waals surface area contributed by atoms with Crippen molar-refractivity contribution < 1.29 is 4.79 Å². The van der Waals surface area contributed by atoms with E-state index in [0.717, 1.165) is 36.3 Å². The summed E-state index contributed by atoms with van der Waals surface area (Å²) in [6.07, 6.45) is 5.57. The van der Waals surface area contributed by atoms with Crippen LogP contribution in [0, 0.1) is 6.92 Å². The van der Waals surface area contributed by atoms with E-state index in [9.17, 15) is 4.79 Å². The molecule has 0 atom stereocenters. The molecule has 1 aromatic rings. The van der Waals surface area contributed by atoms with E-state index < -0.39 is 6.03 Å². The average Bonchev–Trinajstić information content (AvgIpc) is 2.96. The minimum atomic E-state index is -0.466. The van der Waals surface area contributed by atoms with Gasteiger partial charge in [0.05, 0.1) is 5.69 Å². The Morgan fingerprint density at radius 3 is 2.82 bits per heavy atom. The highest BCUT2D eigenvalue weighted by molar-refractivity contribution is 5.90. The van der Waals surface area contributed by atoms with E-state index in [1.165, 1.54) is 24.0 Å². The van der Waals surface area contributed by atoms with Crippen LogP contribution >= 0.6 is 0 Å². The number of aromatic nitrogens is 1. The molecule has 2 amide bonds. The molecule has 0 aliphatic heterocycles. The van der Waals surface area contributed by atoms with Crippen LogP contribution in [-0.2, 0) is 12.8 Å². The Hall–Kier alpha value is -1.58. The first-order valence-electron chi connectivity index (χ1n) is 6.25. The van der Waals surface area contributed by atoms with Crippen molar-refractivity contribution in [3.8, 4) is 0 Å². The van der Waals surface area contributed by atoms with Gasteiger partial charge in [0.2, 0.25) is 0 Å². The summed E-state index contributed by atoms with van der Waals surface area (Å²) < 4.78 is 0. The molecule has 2 aliphatic rings. The first kappa shape index (κ1) is 10.6. The lowest BCUT2D eigenvalue weighted by Crippen LogP contribution is -2.22. The minimum Gasteiger partial charge on any atom is -0.351 e. The zero-order valence-electron chi connectivity index (χ0n) is 10.0. The van der Waals surface area contributed by atoms with Crippen LogP contribution in [0.15, 0.2) is 0 Å². The van der Waals surface area contributed by atoms with E-state index in [4.69, 9.17) is 10.7 Å². The van der Waals surface area contributed by atoms with Gasteiger partial charge in [-0.3, -0.25) is 4.98 Å². The van der Waals surface area contributed by atoms with Crippen molar-refractivity contribution in [2.75, 3.05) is 5.32 Å². The number of carbonyl (C=O) groups is 1. The number of anilines is 1.